The molecule has 15 amide bonds. The van der Waals surface area contributed by atoms with Gasteiger partial charge < -0.3 is 114 Å². The molecule has 19 N–H and O–H groups in total. The van der Waals surface area contributed by atoms with E-state index in [-0.39, 0.29) is 127 Å². The molecule has 2 aromatic heterocycles. The van der Waals surface area contributed by atoms with E-state index >= 15 is 43.2 Å². The van der Waals surface area contributed by atoms with Gasteiger partial charge in [0.25, 0.3) is 5.91 Å². The number of fused-ring (bicyclic) bond motifs is 4. The number of aliphatic hydroxyl groups excluding tert-OH is 1. The zero-order chi connectivity index (χ0) is 97.0. The summed E-state index contributed by atoms with van der Waals surface area (Å²) in [6.07, 6.45) is 0.839. The third-order valence-corrected chi connectivity index (χ3v) is 25.7. The molecule has 5 aromatic rings. The minimum Gasteiger partial charge on any atom is -0.508 e. The molecule has 7 heterocycles. The second kappa shape index (κ2) is 46.7. The van der Waals surface area contributed by atoms with Crippen molar-refractivity contribution in [3.63, 3.8) is 0 Å². The molecule has 5 saturated heterocycles. The molecule has 5 aliphatic rings. The first-order valence-corrected chi connectivity index (χ1v) is 46.3. The maximum absolute atomic E-state index is 15.9. The van der Waals surface area contributed by atoms with Gasteiger partial charge in [0.1, 0.15) is 90.8 Å². The van der Waals surface area contributed by atoms with Crippen LogP contribution in [0, 0.1) is 11.8 Å². The van der Waals surface area contributed by atoms with Gasteiger partial charge in [-0.05, 0) is 143 Å². The molecule has 40 nitrogen and oxygen atoms in total. The van der Waals surface area contributed by atoms with Gasteiger partial charge in [0.15, 0.2) is 5.66 Å². The average Bonchev–Trinajstić information content (AvgIpc) is 1.52. The highest BCUT2D eigenvalue weighted by molar-refractivity contribution is 6.09. The van der Waals surface area contributed by atoms with Crippen molar-refractivity contribution in [3.8, 4) is 5.75 Å². The van der Waals surface area contributed by atoms with Crippen LogP contribution in [0.3, 0.4) is 0 Å². The Morgan fingerprint density at radius 3 is 1.77 bits per heavy atom. The van der Waals surface area contributed by atoms with Crippen LogP contribution in [0.1, 0.15) is 187 Å². The Hall–Kier alpha value is -12.6. The molecule has 0 bridgehead atoms. The van der Waals surface area contributed by atoms with Crippen molar-refractivity contribution in [1.82, 2.24) is 81.5 Å². The number of hydrogen-bond donors (Lipinski definition) is 16. The number of hydrogen-bond acceptors (Lipinski definition) is 21. The van der Waals surface area contributed by atoms with Crippen LogP contribution in [0.15, 0.2) is 85.2 Å². The van der Waals surface area contributed by atoms with E-state index in [2.05, 4.69) is 47.5 Å². The lowest BCUT2D eigenvalue weighted by Gasteiger charge is -2.39. The number of aromatic hydroxyl groups is 1. The summed E-state index contributed by atoms with van der Waals surface area (Å²) >= 11 is 0. The van der Waals surface area contributed by atoms with E-state index in [0.29, 0.717) is 77.0 Å². The lowest BCUT2D eigenvalue weighted by atomic mass is 9.97. The van der Waals surface area contributed by atoms with Gasteiger partial charge in [0.05, 0.1) is 6.10 Å². The Kier molecular flexibility index (Phi) is 36.0. The SMILES string of the molecule is CCCC[C@H]1C(=O)N(C)[C@@H](CCCC)C(=O)N[C@@H](CC(C)C)C(=O)N[C@H](C(N)=O)CCCC(=O)N[C@@H](Cc2ccc(O)cc2)C(=O)N2CCCC[C@@]23C(=O)N3[C@@H](CCC(=O)O)C(=O)N2CCC[C@H]2C(=O)N[C@@H](CN)C(=O)N[C@@H](CC(C)C)C(=O)N2C[C@H](O)C[C@H]2C(=O)N[C@@H](Cc2c[nH]c3ccccc23)C(=O)N[C@@H](CCN)C(=O)N[C@@H](Cc2cn(CC(=O)O)c3ccccc23)C(=O)N1C. The Morgan fingerprint density at radius 1 is 0.526 bits per heavy atom. The number of nitrogens with zero attached hydrogens (tertiary/aromatic N) is 7. The lowest BCUT2D eigenvalue weighted by molar-refractivity contribution is -0.149. The number of phenolic OH excluding ortho intramolecular Hbond substituents is 1. The first kappa shape index (κ1) is 103. The van der Waals surface area contributed by atoms with Crippen molar-refractivity contribution in [3.05, 3.63) is 102 Å². The number of carbonyl (C=O) groups is 17. The molecule has 724 valence electrons. The molecular formula is C93H131N19O21. The third kappa shape index (κ3) is 25.4. The first-order chi connectivity index (χ1) is 63.3. The number of phenols is 1. The summed E-state index contributed by atoms with van der Waals surface area (Å²) in [6.45, 7) is 8.78. The zero-order valence-corrected chi connectivity index (χ0v) is 76.9. The number of carbonyl (C=O) groups excluding carboxylic acids is 15. The normalized spacial score (nSPS) is 26.4. The van der Waals surface area contributed by atoms with Gasteiger partial charge in [-0.1, -0.05) is 116 Å². The van der Waals surface area contributed by atoms with E-state index in [1.54, 1.807) is 82.4 Å². The van der Waals surface area contributed by atoms with Crippen molar-refractivity contribution < 1.29 is 102 Å². The second-order valence-electron chi connectivity index (χ2n) is 36.4. The predicted molar refractivity (Wildman–Crippen MR) is 486 cm³/mol. The van der Waals surface area contributed by atoms with E-state index < -0.39 is 230 Å². The summed E-state index contributed by atoms with van der Waals surface area (Å²) in [5, 5.41) is 65.2. The summed E-state index contributed by atoms with van der Waals surface area (Å²) in [5.74, 6) is -16.3. The molecule has 10 rings (SSSR count). The number of piperidine rings is 1. The van der Waals surface area contributed by atoms with Crippen LogP contribution in [0.25, 0.3) is 21.8 Å². The molecule has 40 heteroatoms. The molecule has 15 atom stereocenters. The Morgan fingerprint density at radius 2 is 1.11 bits per heavy atom. The van der Waals surface area contributed by atoms with E-state index in [0.717, 1.165) is 14.7 Å². The zero-order valence-electron chi connectivity index (χ0n) is 76.9. The van der Waals surface area contributed by atoms with Gasteiger partial charge in [0, 0.05) is 113 Å². The van der Waals surface area contributed by atoms with Crippen molar-refractivity contribution in [2.45, 2.75) is 286 Å². The number of carboxylic acids is 2. The molecule has 0 aliphatic carbocycles. The number of nitrogens with one attached hydrogen (secondary N) is 9. The Labute approximate surface area is 771 Å². The fourth-order valence-electron chi connectivity index (χ4n) is 18.7. The fraction of sp³-hybridized carbons (Fsp3) is 0.581. The number of primary amides is 1. The molecule has 5 aliphatic heterocycles. The van der Waals surface area contributed by atoms with E-state index in [1.807, 2.05) is 13.8 Å². The number of likely N-dealkylation sites (N-methyl/N-ethyl adjacent to an activating group) is 2. The number of aromatic amines is 1. The van der Waals surface area contributed by atoms with Crippen LogP contribution >= 0.6 is 0 Å². The van der Waals surface area contributed by atoms with Crippen molar-refractivity contribution in [2.24, 2.45) is 29.0 Å². The molecule has 0 unspecified atom stereocenters. The van der Waals surface area contributed by atoms with Crippen LogP contribution < -0.4 is 59.7 Å². The van der Waals surface area contributed by atoms with Crippen LogP contribution in [-0.2, 0) is 107 Å². The summed E-state index contributed by atoms with van der Waals surface area (Å²) < 4.78 is 1.45. The van der Waals surface area contributed by atoms with Gasteiger partial charge in [0.2, 0.25) is 82.7 Å². The summed E-state index contributed by atoms with van der Waals surface area (Å²) in [7, 11) is 2.74. The second-order valence-corrected chi connectivity index (χ2v) is 36.4. The molecule has 1 spiro atoms. The van der Waals surface area contributed by atoms with Crippen LogP contribution in [0.2, 0.25) is 0 Å². The number of nitrogens with two attached hydrogens (primary N) is 3. The van der Waals surface area contributed by atoms with E-state index in [9.17, 15) is 58.8 Å². The molecule has 5 fully saturated rings. The minimum absolute atomic E-state index is 0.000545. The number of aliphatic carboxylic acids is 2. The number of amides is 15. The van der Waals surface area contributed by atoms with E-state index in [4.69, 9.17) is 17.2 Å². The molecule has 3 aromatic carbocycles. The maximum atomic E-state index is 15.9. The maximum Gasteiger partial charge on any atom is 0.323 e. The van der Waals surface area contributed by atoms with Crippen LogP contribution in [0.5, 0.6) is 5.75 Å². The van der Waals surface area contributed by atoms with Gasteiger partial charge in [-0.2, -0.15) is 0 Å². The number of aliphatic hydroxyl groups is 1. The number of benzene rings is 3. The highest BCUT2D eigenvalue weighted by Crippen LogP contribution is 2.49. The largest absolute Gasteiger partial charge is 0.508 e. The Bertz CT molecular complexity index is 5080. The lowest BCUT2D eigenvalue weighted by Crippen LogP contribution is -2.61. The number of H-pyrrole nitrogens is 1. The smallest absolute Gasteiger partial charge is 0.323 e. The standard InChI is InChI=1S/C93H131N19O21/c1-9-11-25-71-84(125)101-64(41-52(3)4)81(122)99-62(79(96)120)24-19-29-76(115)98-67(43-54-30-32-57(113)33-31-54)89(130)111-40-18-17-37-93(111)92(133)112(93)74(34-35-77(116)117)91(132)109-39-20-28-72(109)85(126)105-69(47-95)83(124)103-66(42-53(5)6)88(129)110-50-58(114)46-75(110)86(127)102-65(44-55-48-97-61-23-15-13-21-59(55)61)82(123)100-63(36-38-94)80(121)104-68(87(128)107(8)73(26-12-10-2)90(131)106(71)7)45-56-49-108(51-78(118)119)70-27-16-14-22-60(56)70/h13-16,21-23,27,30-33,48-49,52-53,58,62-69,71-75,97,113-114H,9-12,17-20,24-26,28-29,34-47,50-51,94-95H2,1-8H3,(H2,96,120)(H,98,115)(H,99,122)(H,100,123)(H,101,125)(H,102,127)(H,103,124)(H,104,121)(H,105,126)(H,116,117)(H,118,119)/t58-,62+,63+,64+,65+,66+,67+,68+,69+,71+,72+,73+,74+,75+,93-,112?/m1/s1. The predicted octanol–water partition coefficient (Wildman–Crippen LogP) is 0.660. The van der Waals surface area contributed by atoms with E-state index in [1.165, 1.54) is 63.8 Å². The number of rotatable bonds is 25. The summed E-state index contributed by atoms with van der Waals surface area (Å²) in [6, 6.07) is 0.151. The topological polar surface area (TPSA) is 585 Å². The Balaban J connectivity index is 1.02. The van der Waals surface area contributed by atoms with Crippen molar-refractivity contribution in [1.29, 1.82) is 0 Å². The number of aromatic nitrogens is 2. The van der Waals surface area contributed by atoms with Gasteiger partial charge in [-0.3, -0.25) is 86.4 Å². The van der Waals surface area contributed by atoms with Gasteiger partial charge in [-0.15, -0.1) is 0 Å². The third-order valence-electron chi connectivity index (χ3n) is 25.7. The molecule has 0 saturated carbocycles. The average molecular weight is 1850 g/mol. The van der Waals surface area contributed by atoms with Gasteiger partial charge in [-0.25, -0.2) is 0 Å². The number of carboxylic acid groups (broad SMARTS) is 2. The van der Waals surface area contributed by atoms with Crippen molar-refractivity contribution in [2.75, 3.05) is 46.8 Å². The summed E-state index contributed by atoms with van der Waals surface area (Å²) in [4.78, 5) is 261. The van der Waals surface area contributed by atoms with Crippen LogP contribution in [-0.4, -0.2) is 297 Å². The van der Waals surface area contributed by atoms with Gasteiger partial charge >= 0.3 is 11.9 Å². The minimum atomic E-state index is -1.86. The highest BCUT2D eigenvalue weighted by atomic mass is 16.4. The first-order valence-electron chi connectivity index (χ1n) is 46.3. The number of unbranched alkanes of at least 4 members (excludes halogenated alkanes) is 2. The summed E-state index contributed by atoms with van der Waals surface area (Å²) in [5.41, 5.74) is 19.1. The molecule has 0 radical (unpaired) electrons. The van der Waals surface area contributed by atoms with Crippen molar-refractivity contribution >= 4 is 122 Å². The number of para-hydroxylation sites is 2. The molecular weight excluding hydrogens is 1720 g/mol. The van der Waals surface area contributed by atoms with Crippen LogP contribution in [0.4, 0.5) is 0 Å². The highest BCUT2D eigenvalue weighted by Gasteiger charge is 2.72. The monoisotopic (exact) mass is 1850 g/mol. The fourth-order valence-corrected chi connectivity index (χ4v) is 18.7. The molecule has 133 heavy (non-hydrogen) atoms. The quantitative estimate of drug-likeness (QED) is 0.0357.